The minimum atomic E-state index is -0.323. The van der Waals surface area contributed by atoms with E-state index >= 15 is 0 Å². The number of carbonyl (C=O) groups excluding carboxylic acids is 1. The van der Waals surface area contributed by atoms with Crippen molar-refractivity contribution in [1.82, 2.24) is 20.9 Å². The van der Waals surface area contributed by atoms with Crippen molar-refractivity contribution < 1.29 is 13.9 Å². The Balaban J connectivity index is 0.00000544. The van der Waals surface area contributed by atoms with Gasteiger partial charge >= 0.3 is 0 Å². The van der Waals surface area contributed by atoms with Gasteiger partial charge in [0.05, 0.1) is 6.54 Å². The van der Waals surface area contributed by atoms with E-state index in [-0.39, 0.29) is 41.8 Å². The van der Waals surface area contributed by atoms with Crippen molar-refractivity contribution in [2.45, 2.75) is 26.0 Å². The van der Waals surface area contributed by atoms with Gasteiger partial charge in [-0.25, -0.2) is 4.39 Å². The van der Waals surface area contributed by atoms with E-state index in [2.05, 4.69) is 20.9 Å². The van der Waals surface area contributed by atoms with E-state index in [1.54, 1.807) is 25.2 Å². The molecule has 2 aromatic carbocycles. The molecule has 1 unspecified atom stereocenters. The predicted molar refractivity (Wildman–Crippen MR) is 142 cm³/mol. The molecule has 1 atom stereocenters. The highest BCUT2D eigenvalue weighted by molar-refractivity contribution is 14.0. The molecule has 1 amide bonds. The first-order valence-corrected chi connectivity index (χ1v) is 10.8. The number of nitrogens with one attached hydrogen (secondary N) is 3. The molecule has 182 valence electrons. The fourth-order valence-electron chi connectivity index (χ4n) is 2.94. The lowest BCUT2D eigenvalue weighted by Gasteiger charge is -2.20. The molecule has 2 aromatic rings. The molecule has 0 saturated carbocycles. The van der Waals surface area contributed by atoms with Gasteiger partial charge in [-0.05, 0) is 50.3 Å². The van der Waals surface area contributed by atoms with Crippen LogP contribution in [0.25, 0.3) is 0 Å². The third-order valence-corrected chi connectivity index (χ3v) is 4.77. The number of aliphatic imine (C=N–C) groups is 1. The largest absolute Gasteiger partial charge is 0.489 e. The first-order valence-electron chi connectivity index (χ1n) is 10.8. The van der Waals surface area contributed by atoms with E-state index in [0.717, 1.165) is 18.5 Å². The second-order valence-corrected chi connectivity index (χ2v) is 7.67. The lowest BCUT2D eigenvalue weighted by atomic mass is 10.1. The fraction of sp³-hybridized carbons (Fsp3) is 0.417. The van der Waals surface area contributed by atoms with Gasteiger partial charge in [0.1, 0.15) is 17.7 Å². The first-order chi connectivity index (χ1) is 15.4. The minimum Gasteiger partial charge on any atom is -0.489 e. The van der Waals surface area contributed by atoms with Gasteiger partial charge in [0.25, 0.3) is 5.91 Å². The molecule has 0 aliphatic rings. The number of carbonyl (C=O) groups is 1. The Morgan fingerprint density at radius 1 is 1.12 bits per heavy atom. The van der Waals surface area contributed by atoms with Crippen molar-refractivity contribution in [2.75, 3.05) is 40.8 Å². The summed E-state index contributed by atoms with van der Waals surface area (Å²) in [6, 6.07) is 13.6. The molecule has 0 spiro atoms. The molecule has 7 nitrogen and oxygen atoms in total. The van der Waals surface area contributed by atoms with E-state index < -0.39 is 0 Å². The lowest BCUT2D eigenvalue weighted by molar-refractivity contribution is 0.0951. The number of rotatable bonds is 11. The summed E-state index contributed by atoms with van der Waals surface area (Å²) in [6.45, 7) is 4.43. The van der Waals surface area contributed by atoms with Crippen LogP contribution in [-0.2, 0) is 6.54 Å². The molecule has 0 heterocycles. The minimum absolute atomic E-state index is 0. The van der Waals surface area contributed by atoms with Gasteiger partial charge in [0.15, 0.2) is 5.96 Å². The van der Waals surface area contributed by atoms with Crippen LogP contribution in [0.3, 0.4) is 0 Å². The lowest BCUT2D eigenvalue weighted by Crippen LogP contribution is -2.42. The van der Waals surface area contributed by atoms with Crippen LogP contribution in [-0.4, -0.2) is 63.6 Å². The summed E-state index contributed by atoms with van der Waals surface area (Å²) in [5.74, 6) is 0.710. The predicted octanol–water partition coefficient (Wildman–Crippen LogP) is 3.26. The van der Waals surface area contributed by atoms with Crippen LogP contribution in [0.15, 0.2) is 53.5 Å². The van der Waals surface area contributed by atoms with E-state index in [0.29, 0.717) is 36.9 Å². The number of halogens is 2. The second-order valence-electron chi connectivity index (χ2n) is 7.67. The summed E-state index contributed by atoms with van der Waals surface area (Å²) in [5.41, 5.74) is 1.59. The van der Waals surface area contributed by atoms with Crippen molar-refractivity contribution in [3.05, 3.63) is 65.5 Å². The summed E-state index contributed by atoms with van der Waals surface area (Å²) in [5, 5.41) is 9.41. The maximum atomic E-state index is 13.4. The van der Waals surface area contributed by atoms with Crippen LogP contribution in [0, 0.1) is 5.82 Å². The molecule has 0 aromatic heterocycles. The van der Waals surface area contributed by atoms with Gasteiger partial charge < -0.3 is 25.6 Å². The number of amides is 1. The number of likely N-dealkylation sites (N-methyl/N-ethyl adjacent to an activating group) is 1. The monoisotopic (exact) mass is 571 g/mol. The van der Waals surface area contributed by atoms with Crippen LogP contribution >= 0.6 is 24.0 Å². The van der Waals surface area contributed by atoms with Crippen molar-refractivity contribution in [2.24, 2.45) is 4.99 Å². The van der Waals surface area contributed by atoms with Crippen molar-refractivity contribution in [3.8, 4) is 5.75 Å². The molecule has 0 saturated heterocycles. The Labute approximate surface area is 213 Å². The molecular formula is C24H35FIN5O2. The van der Waals surface area contributed by atoms with E-state index in [1.807, 2.05) is 44.1 Å². The van der Waals surface area contributed by atoms with Gasteiger partial charge in [-0.2, -0.15) is 0 Å². The van der Waals surface area contributed by atoms with E-state index in [1.165, 1.54) is 12.1 Å². The van der Waals surface area contributed by atoms with Gasteiger partial charge in [-0.1, -0.05) is 25.1 Å². The van der Waals surface area contributed by atoms with Crippen LogP contribution in [0.2, 0.25) is 0 Å². The van der Waals surface area contributed by atoms with Crippen molar-refractivity contribution in [1.29, 1.82) is 0 Å². The molecular weight excluding hydrogens is 536 g/mol. The standard InChI is InChI=1S/C24H34FN5O2.HI/c1-5-21(32-22-11-7-10-20(25)15-22)17-29-24(26-2)28-16-18-8-6-9-19(14-18)23(31)27-12-13-30(3)4;/h6-11,14-15,21H,5,12-13,16-17H2,1-4H3,(H,27,31)(H2,26,28,29);1H. The number of hydrogen-bond donors (Lipinski definition) is 3. The van der Waals surface area contributed by atoms with Crippen molar-refractivity contribution >= 4 is 35.8 Å². The maximum absolute atomic E-state index is 13.4. The summed E-state index contributed by atoms with van der Waals surface area (Å²) in [6.07, 6.45) is 0.621. The third-order valence-electron chi connectivity index (χ3n) is 4.77. The van der Waals surface area contributed by atoms with Gasteiger partial charge in [-0.15, -0.1) is 24.0 Å². The first kappa shape index (κ1) is 28.6. The average Bonchev–Trinajstić information content (AvgIpc) is 2.78. The number of guanidine groups is 1. The quantitative estimate of drug-likeness (QED) is 0.219. The van der Waals surface area contributed by atoms with Crippen molar-refractivity contribution in [3.63, 3.8) is 0 Å². The molecule has 33 heavy (non-hydrogen) atoms. The summed E-state index contributed by atoms with van der Waals surface area (Å²) >= 11 is 0. The zero-order valence-corrected chi connectivity index (χ0v) is 22.1. The number of ether oxygens (including phenoxy) is 1. The Morgan fingerprint density at radius 2 is 1.88 bits per heavy atom. The van der Waals surface area contributed by atoms with Crippen LogP contribution in [0.4, 0.5) is 4.39 Å². The summed E-state index contributed by atoms with van der Waals surface area (Å²) < 4.78 is 19.2. The molecule has 2 rings (SSSR count). The fourth-order valence-corrected chi connectivity index (χ4v) is 2.94. The van der Waals surface area contributed by atoms with Gasteiger partial charge in [0.2, 0.25) is 0 Å². The second kappa shape index (κ2) is 15.4. The van der Waals surface area contributed by atoms with Gasteiger partial charge in [-0.3, -0.25) is 9.79 Å². The molecule has 0 fully saturated rings. The summed E-state index contributed by atoms with van der Waals surface area (Å²) in [4.78, 5) is 18.6. The number of nitrogens with zero attached hydrogens (tertiary/aromatic N) is 2. The Bertz CT molecular complexity index is 895. The summed E-state index contributed by atoms with van der Waals surface area (Å²) in [7, 11) is 5.63. The maximum Gasteiger partial charge on any atom is 0.251 e. The molecule has 0 bridgehead atoms. The molecule has 9 heteroatoms. The van der Waals surface area contributed by atoms with Crippen LogP contribution < -0.4 is 20.7 Å². The average molecular weight is 571 g/mol. The van der Waals surface area contributed by atoms with E-state index in [9.17, 15) is 9.18 Å². The zero-order valence-electron chi connectivity index (χ0n) is 19.7. The highest BCUT2D eigenvalue weighted by Crippen LogP contribution is 2.14. The Morgan fingerprint density at radius 3 is 2.55 bits per heavy atom. The number of benzene rings is 2. The van der Waals surface area contributed by atoms with Gasteiger partial charge in [0, 0.05) is 38.3 Å². The molecule has 0 aliphatic carbocycles. The van der Waals surface area contributed by atoms with Crippen LogP contribution in [0.5, 0.6) is 5.75 Å². The zero-order chi connectivity index (χ0) is 23.3. The Kier molecular flexibility index (Phi) is 13.4. The van der Waals surface area contributed by atoms with Crippen LogP contribution in [0.1, 0.15) is 29.3 Å². The molecule has 3 N–H and O–H groups in total. The third kappa shape index (κ3) is 10.8. The highest BCUT2D eigenvalue weighted by Gasteiger charge is 2.11. The highest BCUT2D eigenvalue weighted by atomic mass is 127. The topological polar surface area (TPSA) is 78.0 Å². The van der Waals surface area contributed by atoms with E-state index in [4.69, 9.17) is 4.74 Å². The smallest absolute Gasteiger partial charge is 0.251 e. The molecule has 0 radical (unpaired) electrons. The normalized spacial score (nSPS) is 12.0. The molecule has 0 aliphatic heterocycles. The Hall–Kier alpha value is -2.40. The SMILES string of the molecule is CCC(CNC(=NC)NCc1cccc(C(=O)NCCN(C)C)c1)Oc1cccc(F)c1.I. The number of hydrogen-bond acceptors (Lipinski definition) is 4.